The summed E-state index contributed by atoms with van der Waals surface area (Å²) in [4.78, 5) is 2.25. The molecule has 0 bridgehead atoms. The molecule has 0 heterocycles. The second-order valence-corrected chi connectivity index (χ2v) is 3.16. The number of rotatable bonds is 6. The third-order valence-corrected chi connectivity index (χ3v) is 2.33. The van der Waals surface area contributed by atoms with Gasteiger partial charge in [0.1, 0.15) is 0 Å². The monoisotopic (exact) mass is 173 g/mol. The highest BCUT2D eigenvalue weighted by Crippen LogP contribution is 2.02. The zero-order valence-electron chi connectivity index (χ0n) is 7.84. The smallest absolute Gasteiger partial charge is 0.0643 e. The quantitative estimate of drug-likeness (QED) is 0.568. The maximum atomic E-state index is 4.93. The molecule has 0 rings (SSSR count). The summed E-state index contributed by atoms with van der Waals surface area (Å²) in [6, 6.07) is 0.610. The van der Waals surface area contributed by atoms with Gasteiger partial charge in [0.25, 0.3) is 0 Å². The third-order valence-electron chi connectivity index (χ3n) is 2.06. The summed E-state index contributed by atoms with van der Waals surface area (Å²) in [7, 11) is 0. The molecule has 66 valence electrons. The SMILES string of the molecule is CCCCN(C=S)C(C)CC. The third kappa shape index (κ3) is 4.35. The van der Waals surface area contributed by atoms with Crippen LogP contribution in [0.4, 0.5) is 0 Å². The Labute approximate surface area is 75.8 Å². The molecule has 1 nitrogen and oxygen atoms in total. The molecule has 0 aromatic carbocycles. The van der Waals surface area contributed by atoms with Crippen LogP contribution in [-0.2, 0) is 0 Å². The molecule has 0 spiro atoms. The molecule has 0 aromatic heterocycles. The highest BCUT2D eigenvalue weighted by molar-refractivity contribution is 7.78. The van der Waals surface area contributed by atoms with Crippen LogP contribution >= 0.6 is 12.2 Å². The largest absolute Gasteiger partial charge is 0.366 e. The van der Waals surface area contributed by atoms with Crippen LogP contribution in [0.3, 0.4) is 0 Å². The maximum Gasteiger partial charge on any atom is 0.0643 e. The van der Waals surface area contributed by atoms with Gasteiger partial charge in [-0.3, -0.25) is 0 Å². The van der Waals surface area contributed by atoms with Gasteiger partial charge < -0.3 is 4.90 Å². The fourth-order valence-corrected chi connectivity index (χ4v) is 1.27. The lowest BCUT2D eigenvalue weighted by Gasteiger charge is -2.25. The van der Waals surface area contributed by atoms with Crippen LogP contribution in [0.15, 0.2) is 0 Å². The normalized spacial score (nSPS) is 12.6. The molecule has 0 N–H and O–H groups in total. The Hall–Kier alpha value is -0.110. The molecule has 1 unspecified atom stereocenters. The molecular formula is C9H19NS. The first kappa shape index (κ1) is 10.9. The van der Waals surface area contributed by atoms with Crippen molar-refractivity contribution in [3.05, 3.63) is 0 Å². The van der Waals surface area contributed by atoms with Gasteiger partial charge in [-0.05, 0) is 19.8 Å². The van der Waals surface area contributed by atoms with E-state index in [4.69, 9.17) is 12.2 Å². The van der Waals surface area contributed by atoms with E-state index in [2.05, 4.69) is 25.7 Å². The van der Waals surface area contributed by atoms with Crippen molar-refractivity contribution in [3.63, 3.8) is 0 Å². The van der Waals surface area contributed by atoms with Gasteiger partial charge in [0, 0.05) is 12.6 Å². The minimum atomic E-state index is 0.610. The molecule has 0 saturated heterocycles. The van der Waals surface area contributed by atoms with Gasteiger partial charge in [-0.1, -0.05) is 32.5 Å². The van der Waals surface area contributed by atoms with E-state index in [0.29, 0.717) is 6.04 Å². The number of hydrogen-bond acceptors (Lipinski definition) is 1. The fraction of sp³-hybridized carbons (Fsp3) is 0.889. The predicted molar refractivity (Wildman–Crippen MR) is 55.0 cm³/mol. The molecule has 0 fully saturated rings. The topological polar surface area (TPSA) is 3.24 Å². The Morgan fingerprint density at radius 1 is 1.45 bits per heavy atom. The molecule has 0 saturated carbocycles. The molecule has 0 amide bonds. The second kappa shape index (κ2) is 6.59. The lowest BCUT2D eigenvalue weighted by molar-refractivity contribution is 0.330. The molecule has 1 atom stereocenters. The lowest BCUT2D eigenvalue weighted by atomic mass is 10.2. The molecule has 0 aliphatic heterocycles. The molecular weight excluding hydrogens is 154 g/mol. The molecule has 0 radical (unpaired) electrons. The number of hydrogen-bond donors (Lipinski definition) is 0. The molecule has 2 heteroatoms. The second-order valence-electron chi connectivity index (χ2n) is 2.95. The van der Waals surface area contributed by atoms with Crippen molar-refractivity contribution in [1.82, 2.24) is 4.90 Å². The van der Waals surface area contributed by atoms with Crippen molar-refractivity contribution < 1.29 is 0 Å². The first-order valence-corrected chi connectivity index (χ1v) is 4.94. The summed E-state index contributed by atoms with van der Waals surface area (Å²) in [5.74, 6) is 0. The highest BCUT2D eigenvalue weighted by Gasteiger charge is 2.05. The van der Waals surface area contributed by atoms with Crippen molar-refractivity contribution in [2.24, 2.45) is 0 Å². The summed E-state index contributed by atoms with van der Waals surface area (Å²) in [5, 5.41) is 0. The first-order valence-electron chi connectivity index (χ1n) is 4.47. The minimum Gasteiger partial charge on any atom is -0.366 e. The van der Waals surface area contributed by atoms with E-state index in [1.807, 2.05) is 0 Å². The number of thiocarbonyl (C=S) groups is 1. The summed E-state index contributed by atoms with van der Waals surface area (Å²) >= 11 is 4.93. The number of nitrogens with zero attached hydrogens (tertiary/aromatic N) is 1. The van der Waals surface area contributed by atoms with Crippen LogP contribution in [0, 0.1) is 0 Å². The molecule has 0 aromatic rings. The van der Waals surface area contributed by atoms with Gasteiger partial charge in [-0.2, -0.15) is 0 Å². The fourth-order valence-electron chi connectivity index (χ4n) is 0.952. The van der Waals surface area contributed by atoms with E-state index in [-0.39, 0.29) is 0 Å². The molecule has 11 heavy (non-hydrogen) atoms. The van der Waals surface area contributed by atoms with Crippen molar-refractivity contribution in [1.29, 1.82) is 0 Å². The van der Waals surface area contributed by atoms with Crippen LogP contribution in [0.1, 0.15) is 40.0 Å². The summed E-state index contributed by atoms with van der Waals surface area (Å²) in [6.45, 7) is 7.74. The lowest BCUT2D eigenvalue weighted by Crippen LogP contribution is -2.31. The standard InChI is InChI=1S/C9H19NS/c1-4-6-7-10(8-11)9(3)5-2/h8-9H,4-7H2,1-3H3. The highest BCUT2D eigenvalue weighted by atomic mass is 32.1. The summed E-state index contributed by atoms with van der Waals surface area (Å²) in [6.07, 6.45) is 3.67. The minimum absolute atomic E-state index is 0.610. The van der Waals surface area contributed by atoms with Crippen LogP contribution in [0.25, 0.3) is 0 Å². The van der Waals surface area contributed by atoms with E-state index >= 15 is 0 Å². The Bertz CT molecular complexity index is 104. The van der Waals surface area contributed by atoms with Gasteiger partial charge in [0.05, 0.1) is 5.49 Å². The van der Waals surface area contributed by atoms with Gasteiger partial charge >= 0.3 is 0 Å². The zero-order chi connectivity index (χ0) is 8.69. The van der Waals surface area contributed by atoms with Crippen molar-refractivity contribution in [3.8, 4) is 0 Å². The Kier molecular flexibility index (Phi) is 6.52. The van der Waals surface area contributed by atoms with E-state index < -0.39 is 0 Å². The van der Waals surface area contributed by atoms with Gasteiger partial charge in [0.2, 0.25) is 0 Å². The summed E-state index contributed by atoms with van der Waals surface area (Å²) < 4.78 is 0. The number of unbranched alkanes of at least 4 members (excludes halogenated alkanes) is 1. The van der Waals surface area contributed by atoms with Gasteiger partial charge in [0.15, 0.2) is 0 Å². The Morgan fingerprint density at radius 3 is 2.45 bits per heavy atom. The average molecular weight is 173 g/mol. The van der Waals surface area contributed by atoms with E-state index in [1.165, 1.54) is 19.3 Å². The van der Waals surface area contributed by atoms with Gasteiger partial charge in [-0.25, -0.2) is 0 Å². The van der Waals surface area contributed by atoms with Gasteiger partial charge in [-0.15, -0.1) is 0 Å². The average Bonchev–Trinajstić information content (AvgIpc) is 2.05. The Morgan fingerprint density at radius 2 is 2.09 bits per heavy atom. The van der Waals surface area contributed by atoms with Crippen LogP contribution < -0.4 is 0 Å². The van der Waals surface area contributed by atoms with Crippen LogP contribution in [-0.4, -0.2) is 23.0 Å². The predicted octanol–water partition coefficient (Wildman–Crippen LogP) is 2.84. The van der Waals surface area contributed by atoms with E-state index in [0.717, 1.165) is 6.54 Å². The van der Waals surface area contributed by atoms with Crippen molar-refractivity contribution >= 4 is 17.7 Å². The van der Waals surface area contributed by atoms with Crippen molar-refractivity contribution in [2.75, 3.05) is 6.54 Å². The van der Waals surface area contributed by atoms with E-state index in [9.17, 15) is 0 Å². The maximum absolute atomic E-state index is 4.93. The van der Waals surface area contributed by atoms with Crippen LogP contribution in [0.5, 0.6) is 0 Å². The first-order chi connectivity index (χ1) is 5.26. The van der Waals surface area contributed by atoms with Crippen molar-refractivity contribution in [2.45, 2.75) is 46.1 Å². The molecule has 0 aliphatic rings. The summed E-state index contributed by atoms with van der Waals surface area (Å²) in [5.41, 5.74) is 1.80. The van der Waals surface area contributed by atoms with Crippen LogP contribution in [0.2, 0.25) is 0 Å². The Balaban J connectivity index is 3.65. The van der Waals surface area contributed by atoms with E-state index in [1.54, 1.807) is 5.49 Å². The molecule has 0 aliphatic carbocycles. The zero-order valence-corrected chi connectivity index (χ0v) is 8.66.